The molecule has 1 N–H and O–H groups in total. The predicted octanol–water partition coefficient (Wildman–Crippen LogP) is 2.31. The average Bonchev–Trinajstić information content (AvgIpc) is 2.38. The van der Waals surface area contributed by atoms with Crippen LogP contribution in [0.2, 0.25) is 0 Å². The van der Waals surface area contributed by atoms with Gasteiger partial charge < -0.3 is 5.32 Å². The standard InChI is InChI=1S/C10H9NOS/c12-7-8-5-6-11-9-3-1-2-4-10(9)13-8/h1-4,11H,5-6H2. The number of rotatable bonds is 0. The van der Waals surface area contributed by atoms with E-state index in [1.54, 1.807) is 0 Å². The smallest absolute Gasteiger partial charge is 0.135 e. The average molecular weight is 191 g/mol. The van der Waals surface area contributed by atoms with Gasteiger partial charge in [0.15, 0.2) is 0 Å². The summed E-state index contributed by atoms with van der Waals surface area (Å²) < 4.78 is 0. The first-order valence-corrected chi connectivity index (χ1v) is 4.96. The first-order valence-electron chi connectivity index (χ1n) is 4.15. The fourth-order valence-electron chi connectivity index (χ4n) is 1.27. The van der Waals surface area contributed by atoms with Crippen LogP contribution in [0.1, 0.15) is 6.42 Å². The van der Waals surface area contributed by atoms with Crippen LogP contribution >= 0.6 is 11.8 Å². The molecule has 2 rings (SSSR count). The van der Waals surface area contributed by atoms with Gasteiger partial charge in [0.05, 0.1) is 4.91 Å². The molecule has 1 aromatic carbocycles. The molecule has 1 aliphatic rings. The molecule has 0 spiro atoms. The minimum Gasteiger partial charge on any atom is -0.384 e. The molecular formula is C10H9NOS. The van der Waals surface area contributed by atoms with E-state index in [1.807, 2.05) is 30.2 Å². The van der Waals surface area contributed by atoms with Crippen molar-refractivity contribution in [1.29, 1.82) is 0 Å². The number of nitrogens with one attached hydrogen (secondary N) is 1. The minimum absolute atomic E-state index is 0.767. The highest BCUT2D eigenvalue weighted by Crippen LogP contribution is 2.35. The highest BCUT2D eigenvalue weighted by Gasteiger charge is 2.10. The Bertz CT molecular complexity index is 369. The van der Waals surface area contributed by atoms with E-state index in [9.17, 15) is 4.79 Å². The first-order chi connectivity index (χ1) is 6.40. The van der Waals surface area contributed by atoms with Crippen LogP contribution in [0.3, 0.4) is 0 Å². The third kappa shape index (κ3) is 1.77. The van der Waals surface area contributed by atoms with Crippen molar-refractivity contribution in [2.75, 3.05) is 11.9 Å². The second kappa shape index (κ2) is 3.69. The molecule has 0 fully saturated rings. The molecule has 0 radical (unpaired) electrons. The van der Waals surface area contributed by atoms with Crippen LogP contribution in [0.5, 0.6) is 0 Å². The Balaban J connectivity index is 2.39. The third-order valence-electron chi connectivity index (χ3n) is 1.90. The lowest BCUT2D eigenvalue weighted by Crippen LogP contribution is -1.99. The number of anilines is 1. The zero-order valence-electron chi connectivity index (χ0n) is 7.04. The lowest BCUT2D eigenvalue weighted by molar-refractivity contribution is 0.567. The van der Waals surface area contributed by atoms with Crippen LogP contribution in [0.25, 0.3) is 0 Å². The maximum atomic E-state index is 10.5. The van der Waals surface area contributed by atoms with Gasteiger partial charge in [0.2, 0.25) is 0 Å². The summed E-state index contributed by atoms with van der Waals surface area (Å²) in [7, 11) is 0. The van der Waals surface area contributed by atoms with Gasteiger partial charge in [-0.05, 0) is 12.1 Å². The molecule has 1 heterocycles. The minimum atomic E-state index is 0.767. The van der Waals surface area contributed by atoms with Crippen LogP contribution in [-0.2, 0) is 4.79 Å². The predicted molar refractivity (Wildman–Crippen MR) is 54.6 cm³/mol. The van der Waals surface area contributed by atoms with Crippen LogP contribution in [0, 0.1) is 0 Å². The maximum Gasteiger partial charge on any atom is 0.135 e. The normalized spacial score (nSPS) is 15.2. The van der Waals surface area contributed by atoms with E-state index in [0.29, 0.717) is 0 Å². The van der Waals surface area contributed by atoms with Crippen molar-refractivity contribution >= 4 is 23.4 Å². The van der Waals surface area contributed by atoms with Gasteiger partial charge in [-0.2, -0.15) is 0 Å². The van der Waals surface area contributed by atoms with E-state index in [-0.39, 0.29) is 0 Å². The fraction of sp³-hybridized carbons (Fsp3) is 0.200. The lowest BCUT2D eigenvalue weighted by atomic mass is 10.3. The Morgan fingerprint density at radius 1 is 1.38 bits per heavy atom. The summed E-state index contributed by atoms with van der Waals surface area (Å²) in [5.74, 6) is 1.97. The fourth-order valence-corrected chi connectivity index (χ4v) is 2.18. The molecule has 2 nitrogen and oxygen atoms in total. The van der Waals surface area contributed by atoms with Crippen molar-refractivity contribution in [2.24, 2.45) is 0 Å². The number of benzene rings is 1. The van der Waals surface area contributed by atoms with Crippen molar-refractivity contribution in [1.82, 2.24) is 0 Å². The summed E-state index contributed by atoms with van der Waals surface area (Å²) in [6.07, 6.45) is 0.767. The highest BCUT2D eigenvalue weighted by molar-refractivity contribution is 8.03. The molecule has 0 saturated heterocycles. The van der Waals surface area contributed by atoms with Gasteiger partial charge in [-0.15, -0.1) is 0 Å². The van der Waals surface area contributed by atoms with E-state index in [1.165, 1.54) is 11.8 Å². The summed E-state index contributed by atoms with van der Waals surface area (Å²) in [6, 6.07) is 8.00. The summed E-state index contributed by atoms with van der Waals surface area (Å²) in [6.45, 7) is 0.814. The Morgan fingerprint density at radius 2 is 2.23 bits per heavy atom. The van der Waals surface area contributed by atoms with Gasteiger partial charge in [0.25, 0.3) is 0 Å². The van der Waals surface area contributed by atoms with E-state index in [2.05, 4.69) is 5.32 Å². The van der Waals surface area contributed by atoms with Crippen LogP contribution in [0.15, 0.2) is 34.1 Å². The molecule has 1 aromatic rings. The number of fused-ring (bicyclic) bond motifs is 1. The summed E-state index contributed by atoms with van der Waals surface area (Å²) in [5, 5.41) is 3.27. The van der Waals surface area contributed by atoms with Crippen molar-refractivity contribution in [2.45, 2.75) is 11.3 Å². The zero-order valence-corrected chi connectivity index (χ0v) is 7.86. The number of thioether (sulfide) groups is 1. The summed E-state index contributed by atoms with van der Waals surface area (Å²) in [4.78, 5) is 12.4. The molecular weight excluding hydrogens is 182 g/mol. The summed E-state index contributed by atoms with van der Waals surface area (Å²) in [5.41, 5.74) is 1.11. The van der Waals surface area contributed by atoms with Gasteiger partial charge in [-0.25, -0.2) is 4.79 Å². The molecule has 0 bridgehead atoms. The topological polar surface area (TPSA) is 29.1 Å². The molecule has 0 atom stereocenters. The van der Waals surface area contributed by atoms with Crippen molar-refractivity contribution in [3.05, 3.63) is 29.2 Å². The van der Waals surface area contributed by atoms with E-state index < -0.39 is 0 Å². The Hall–Kier alpha value is -1.18. The van der Waals surface area contributed by atoms with Gasteiger partial charge in [-0.3, -0.25) is 0 Å². The van der Waals surface area contributed by atoms with Crippen molar-refractivity contribution in [3.8, 4) is 0 Å². The number of hydrogen-bond donors (Lipinski definition) is 1. The van der Waals surface area contributed by atoms with Crippen molar-refractivity contribution in [3.63, 3.8) is 0 Å². The van der Waals surface area contributed by atoms with Crippen molar-refractivity contribution < 1.29 is 4.79 Å². The molecule has 66 valence electrons. The Kier molecular flexibility index (Phi) is 2.39. The van der Waals surface area contributed by atoms with Gasteiger partial charge in [-0.1, -0.05) is 23.9 Å². The first kappa shape index (κ1) is 8.42. The van der Waals surface area contributed by atoms with Gasteiger partial charge in [0.1, 0.15) is 5.94 Å². The van der Waals surface area contributed by atoms with Gasteiger partial charge >= 0.3 is 0 Å². The van der Waals surface area contributed by atoms with Crippen LogP contribution in [-0.4, -0.2) is 12.5 Å². The van der Waals surface area contributed by atoms with E-state index in [0.717, 1.165) is 28.5 Å². The highest BCUT2D eigenvalue weighted by atomic mass is 32.2. The molecule has 1 aliphatic heterocycles. The van der Waals surface area contributed by atoms with E-state index in [4.69, 9.17) is 0 Å². The van der Waals surface area contributed by atoms with Gasteiger partial charge in [0, 0.05) is 23.5 Å². The molecule has 0 saturated carbocycles. The molecule has 0 unspecified atom stereocenters. The number of hydrogen-bond acceptors (Lipinski definition) is 3. The lowest BCUT2D eigenvalue weighted by Gasteiger charge is -2.03. The Morgan fingerprint density at radius 3 is 3.08 bits per heavy atom. The van der Waals surface area contributed by atoms with Crippen LogP contribution < -0.4 is 5.32 Å². The third-order valence-corrected chi connectivity index (χ3v) is 3.01. The SMILES string of the molecule is O=C=C1CCNc2ccccc2S1. The second-order valence-corrected chi connectivity index (χ2v) is 3.94. The number of para-hydroxylation sites is 1. The number of carbonyl (C=O) groups excluding carboxylic acids is 1. The largest absolute Gasteiger partial charge is 0.384 e. The maximum absolute atomic E-state index is 10.5. The molecule has 13 heavy (non-hydrogen) atoms. The zero-order chi connectivity index (χ0) is 9.10. The molecule has 0 aliphatic carbocycles. The molecule has 0 amide bonds. The summed E-state index contributed by atoms with van der Waals surface area (Å²) >= 11 is 1.51. The second-order valence-electron chi connectivity index (χ2n) is 2.80. The molecule has 3 heteroatoms. The van der Waals surface area contributed by atoms with Crippen LogP contribution in [0.4, 0.5) is 5.69 Å². The molecule has 0 aromatic heterocycles. The van der Waals surface area contributed by atoms with E-state index >= 15 is 0 Å². The Labute approximate surface area is 81.0 Å². The quantitative estimate of drug-likeness (QED) is 0.638. The monoisotopic (exact) mass is 191 g/mol.